The molecule has 0 fully saturated rings. The van der Waals surface area contributed by atoms with Crippen molar-refractivity contribution in [1.82, 2.24) is 9.97 Å². The molecule has 0 spiro atoms. The molecule has 0 bridgehead atoms. The van der Waals surface area contributed by atoms with E-state index in [0.29, 0.717) is 16.6 Å². The molecule has 4 nitrogen and oxygen atoms in total. The standard InChI is InChI=1S/C18H9N2O2S.Ir/c21-23(22)15-10-11-4-1-2-5-12(11)13-7-9-19-17(16(13)15)14-6-3-8-20-18(14)23;/h1-5,7-10H;/q-1;. The molecule has 0 saturated heterocycles. The third-order valence-corrected chi connectivity index (χ3v) is 5.94. The Morgan fingerprint density at radius 3 is 2.67 bits per heavy atom. The number of rotatable bonds is 0. The molecule has 0 atom stereocenters. The first kappa shape index (κ1) is 15.4. The Morgan fingerprint density at radius 1 is 0.958 bits per heavy atom. The molecule has 119 valence electrons. The predicted octanol–water partition coefficient (Wildman–Crippen LogP) is 3.39. The normalized spacial score (nSPS) is 14.2. The molecule has 0 unspecified atom stereocenters. The van der Waals surface area contributed by atoms with Gasteiger partial charge in [-0.25, -0.2) is 8.42 Å². The molecule has 0 aliphatic carbocycles. The van der Waals surface area contributed by atoms with Gasteiger partial charge in [-0.05, 0) is 39.4 Å². The zero-order valence-corrected chi connectivity index (χ0v) is 15.4. The molecule has 1 aliphatic heterocycles. The largest absolute Gasteiger partial charge is 0.340 e. The fourth-order valence-corrected chi connectivity index (χ4v) is 4.84. The van der Waals surface area contributed by atoms with E-state index in [1.54, 1.807) is 18.3 Å². The molecule has 0 amide bonds. The summed E-state index contributed by atoms with van der Waals surface area (Å²) in [6, 6.07) is 15.9. The fourth-order valence-electron chi connectivity index (χ4n) is 3.25. The molecule has 2 aromatic heterocycles. The summed E-state index contributed by atoms with van der Waals surface area (Å²) < 4.78 is 26.0. The summed E-state index contributed by atoms with van der Waals surface area (Å²) in [6.45, 7) is 0. The zero-order chi connectivity index (χ0) is 15.6. The van der Waals surface area contributed by atoms with E-state index in [0.717, 1.165) is 16.2 Å². The van der Waals surface area contributed by atoms with Crippen molar-refractivity contribution in [1.29, 1.82) is 0 Å². The molecule has 3 heterocycles. The Bertz CT molecular complexity index is 1240. The first-order chi connectivity index (χ1) is 11.2. The van der Waals surface area contributed by atoms with Crippen LogP contribution in [0.15, 0.2) is 64.8 Å². The number of fused-ring (bicyclic) bond motifs is 4. The van der Waals surface area contributed by atoms with E-state index in [-0.39, 0.29) is 30.0 Å². The third-order valence-electron chi connectivity index (χ3n) is 4.22. The van der Waals surface area contributed by atoms with Crippen LogP contribution in [0.1, 0.15) is 0 Å². The molecule has 2 aromatic carbocycles. The van der Waals surface area contributed by atoms with Gasteiger partial charge in [-0.3, -0.25) is 0 Å². The van der Waals surface area contributed by atoms with Gasteiger partial charge in [0, 0.05) is 26.3 Å². The molecular weight excluding hydrogens is 500 g/mol. The Morgan fingerprint density at radius 2 is 1.79 bits per heavy atom. The Kier molecular flexibility index (Phi) is 3.32. The van der Waals surface area contributed by atoms with E-state index in [2.05, 4.69) is 16.0 Å². The van der Waals surface area contributed by atoms with Crippen LogP contribution in [0.2, 0.25) is 0 Å². The number of aromatic nitrogens is 2. The van der Waals surface area contributed by atoms with E-state index in [4.69, 9.17) is 0 Å². The number of benzene rings is 2. The summed E-state index contributed by atoms with van der Waals surface area (Å²) in [5.41, 5.74) is 1.07. The summed E-state index contributed by atoms with van der Waals surface area (Å²) in [5.74, 6) is 0. The van der Waals surface area contributed by atoms with Gasteiger partial charge in [0.1, 0.15) is 0 Å². The van der Waals surface area contributed by atoms with E-state index >= 15 is 0 Å². The van der Waals surface area contributed by atoms with Gasteiger partial charge in [0.05, 0.1) is 9.92 Å². The van der Waals surface area contributed by atoms with Gasteiger partial charge in [-0.1, -0.05) is 36.0 Å². The van der Waals surface area contributed by atoms with E-state index < -0.39 is 9.84 Å². The third kappa shape index (κ3) is 1.85. The van der Waals surface area contributed by atoms with Gasteiger partial charge in [0.25, 0.3) is 0 Å². The second-order valence-corrected chi connectivity index (χ2v) is 7.28. The Labute approximate surface area is 151 Å². The van der Waals surface area contributed by atoms with Gasteiger partial charge < -0.3 is 9.97 Å². The van der Waals surface area contributed by atoms with Gasteiger partial charge in [0.15, 0.2) is 9.84 Å². The number of pyridine rings is 2. The predicted molar refractivity (Wildman–Crippen MR) is 86.8 cm³/mol. The Balaban J connectivity index is 0.00000146. The number of hydrogen-bond acceptors (Lipinski definition) is 4. The molecule has 4 aromatic rings. The van der Waals surface area contributed by atoms with Gasteiger partial charge >= 0.3 is 0 Å². The smallest absolute Gasteiger partial charge is 0.188 e. The summed E-state index contributed by atoms with van der Waals surface area (Å²) >= 11 is 0. The van der Waals surface area contributed by atoms with Gasteiger partial charge in [-0.2, -0.15) is 0 Å². The maximum Gasteiger partial charge on any atom is 0.188 e. The van der Waals surface area contributed by atoms with Gasteiger partial charge in [-0.15, -0.1) is 12.1 Å². The van der Waals surface area contributed by atoms with Crippen LogP contribution < -0.4 is 0 Å². The van der Waals surface area contributed by atoms with Crippen LogP contribution in [-0.2, 0) is 29.9 Å². The molecular formula is C18H9IrN2O2S-. The van der Waals surface area contributed by atoms with Crippen LogP contribution in [0.5, 0.6) is 0 Å². The van der Waals surface area contributed by atoms with Crippen molar-refractivity contribution in [2.24, 2.45) is 0 Å². The van der Waals surface area contributed by atoms with Crippen molar-refractivity contribution >= 4 is 31.4 Å². The minimum Gasteiger partial charge on any atom is -0.340 e. The van der Waals surface area contributed by atoms with Crippen LogP contribution in [0, 0.1) is 6.07 Å². The maximum absolute atomic E-state index is 13.0. The minimum absolute atomic E-state index is 0. The SMILES string of the molecule is O=S1(=O)c2ncc[c-]c2-c2nccc3c2c1cc1ccccc13.[Ir]. The topological polar surface area (TPSA) is 59.9 Å². The zero-order valence-electron chi connectivity index (χ0n) is 12.1. The monoisotopic (exact) mass is 510 g/mol. The maximum atomic E-state index is 13.0. The van der Waals surface area contributed by atoms with E-state index in [1.165, 1.54) is 6.20 Å². The molecule has 0 N–H and O–H groups in total. The second kappa shape index (κ2) is 5.18. The molecule has 5 rings (SSSR count). The molecule has 6 heteroatoms. The fraction of sp³-hybridized carbons (Fsp3) is 0. The Hall–Kier alpha value is -2.14. The van der Waals surface area contributed by atoms with Crippen molar-refractivity contribution in [2.75, 3.05) is 0 Å². The van der Waals surface area contributed by atoms with Gasteiger partial charge in [0.2, 0.25) is 0 Å². The minimum atomic E-state index is -3.68. The van der Waals surface area contributed by atoms with E-state index in [1.807, 2.05) is 30.3 Å². The average Bonchev–Trinajstić information content (AvgIpc) is 2.59. The second-order valence-electron chi connectivity index (χ2n) is 5.45. The van der Waals surface area contributed by atoms with Crippen LogP contribution in [-0.4, -0.2) is 18.4 Å². The summed E-state index contributed by atoms with van der Waals surface area (Å²) in [5, 5.41) is 3.47. The summed E-state index contributed by atoms with van der Waals surface area (Å²) in [6.07, 6.45) is 3.15. The van der Waals surface area contributed by atoms with Crippen molar-refractivity contribution in [2.45, 2.75) is 9.92 Å². The van der Waals surface area contributed by atoms with Crippen molar-refractivity contribution < 1.29 is 28.5 Å². The molecule has 1 radical (unpaired) electrons. The quantitative estimate of drug-likeness (QED) is 0.237. The van der Waals surface area contributed by atoms with Crippen LogP contribution in [0.3, 0.4) is 0 Å². The summed E-state index contributed by atoms with van der Waals surface area (Å²) in [4.78, 5) is 8.77. The van der Waals surface area contributed by atoms with Crippen molar-refractivity contribution in [3.8, 4) is 11.3 Å². The molecule has 0 saturated carbocycles. The van der Waals surface area contributed by atoms with Crippen LogP contribution in [0.4, 0.5) is 0 Å². The van der Waals surface area contributed by atoms with Crippen LogP contribution in [0.25, 0.3) is 32.8 Å². The van der Waals surface area contributed by atoms with Crippen molar-refractivity contribution in [3.63, 3.8) is 0 Å². The first-order valence-corrected chi connectivity index (χ1v) is 8.59. The summed E-state index contributed by atoms with van der Waals surface area (Å²) in [7, 11) is -3.68. The molecule has 24 heavy (non-hydrogen) atoms. The van der Waals surface area contributed by atoms with Crippen LogP contribution >= 0.6 is 0 Å². The van der Waals surface area contributed by atoms with E-state index in [9.17, 15) is 8.42 Å². The van der Waals surface area contributed by atoms with Crippen molar-refractivity contribution in [3.05, 3.63) is 60.9 Å². The number of hydrogen-bond donors (Lipinski definition) is 0. The molecule has 1 aliphatic rings. The number of nitrogens with zero attached hydrogens (tertiary/aromatic N) is 2. The average molecular weight is 510 g/mol. The first-order valence-electron chi connectivity index (χ1n) is 7.10. The number of sulfone groups is 1.